The molecule has 0 bridgehead atoms. The summed E-state index contributed by atoms with van der Waals surface area (Å²) < 4.78 is 17.2. The first-order chi connectivity index (χ1) is 15.1. The van der Waals surface area contributed by atoms with Gasteiger partial charge in [-0.1, -0.05) is 6.07 Å². The van der Waals surface area contributed by atoms with Gasteiger partial charge in [-0.2, -0.15) is 0 Å². The van der Waals surface area contributed by atoms with Gasteiger partial charge in [0.2, 0.25) is 0 Å². The third kappa shape index (κ3) is 3.67. The van der Waals surface area contributed by atoms with Gasteiger partial charge >= 0.3 is 0 Å². The van der Waals surface area contributed by atoms with E-state index in [-0.39, 0.29) is 6.10 Å². The second kappa shape index (κ2) is 7.91. The van der Waals surface area contributed by atoms with Crippen LogP contribution in [0.1, 0.15) is 12.1 Å². The smallest absolute Gasteiger partial charge is 0.162 e. The summed E-state index contributed by atoms with van der Waals surface area (Å²) in [4.78, 5) is 15.8. The van der Waals surface area contributed by atoms with Crippen LogP contribution in [-0.4, -0.2) is 48.4 Å². The van der Waals surface area contributed by atoms with Gasteiger partial charge in [-0.15, -0.1) is 0 Å². The average molecular weight is 416 g/mol. The molecule has 4 aromatic rings. The summed E-state index contributed by atoms with van der Waals surface area (Å²) in [5.41, 5.74) is 2.82. The number of aryl methyl sites for hydroxylation is 1. The second-order valence-corrected chi connectivity index (χ2v) is 7.70. The number of rotatable bonds is 5. The summed E-state index contributed by atoms with van der Waals surface area (Å²) in [6, 6.07) is 14.0. The quantitative estimate of drug-likeness (QED) is 0.484. The maximum atomic E-state index is 6.30. The molecule has 7 nitrogen and oxygen atoms in total. The number of aromatic nitrogens is 3. The van der Waals surface area contributed by atoms with Crippen molar-refractivity contribution < 1.29 is 14.2 Å². The van der Waals surface area contributed by atoms with Crippen molar-refractivity contribution in [2.24, 2.45) is 0 Å². The van der Waals surface area contributed by atoms with Gasteiger partial charge in [0.1, 0.15) is 24.0 Å². The van der Waals surface area contributed by atoms with Crippen LogP contribution < -0.4 is 19.1 Å². The minimum absolute atomic E-state index is 0.0843. The van der Waals surface area contributed by atoms with Crippen LogP contribution in [0.5, 0.6) is 17.2 Å². The van der Waals surface area contributed by atoms with E-state index in [1.807, 2.05) is 37.3 Å². The van der Waals surface area contributed by atoms with Crippen molar-refractivity contribution >= 4 is 27.6 Å². The Morgan fingerprint density at radius 2 is 1.77 bits per heavy atom. The second-order valence-electron chi connectivity index (χ2n) is 7.70. The summed E-state index contributed by atoms with van der Waals surface area (Å²) >= 11 is 0. The highest BCUT2D eigenvalue weighted by Crippen LogP contribution is 2.36. The fourth-order valence-corrected chi connectivity index (χ4v) is 4.11. The summed E-state index contributed by atoms with van der Waals surface area (Å²) in [5, 5.41) is 2.02. The molecule has 1 aliphatic rings. The fraction of sp³-hybridized carbons (Fsp3) is 0.292. The van der Waals surface area contributed by atoms with Gasteiger partial charge in [0.25, 0.3) is 0 Å². The van der Waals surface area contributed by atoms with Crippen LogP contribution in [-0.2, 0) is 0 Å². The average Bonchev–Trinajstić information content (AvgIpc) is 3.26. The Hall–Kier alpha value is -3.61. The number of methoxy groups -OCH3 is 2. The van der Waals surface area contributed by atoms with Crippen LogP contribution in [0.15, 0.2) is 48.8 Å². The van der Waals surface area contributed by atoms with E-state index in [1.165, 1.54) is 0 Å². The van der Waals surface area contributed by atoms with Crippen LogP contribution >= 0.6 is 0 Å². The maximum Gasteiger partial charge on any atom is 0.162 e. The van der Waals surface area contributed by atoms with Crippen LogP contribution in [0.3, 0.4) is 0 Å². The molecule has 2 aromatic carbocycles. The SMILES string of the molecule is COc1cc2ncnc(N3CCC(Oc4ccc5nc(C)ccc5c4)C3)c2cc1OC. The molecule has 158 valence electrons. The molecule has 1 fully saturated rings. The Labute approximate surface area is 180 Å². The molecule has 0 amide bonds. The van der Waals surface area contributed by atoms with E-state index in [0.717, 1.165) is 58.6 Å². The topological polar surface area (TPSA) is 69.6 Å². The first kappa shape index (κ1) is 19.4. The largest absolute Gasteiger partial charge is 0.493 e. The van der Waals surface area contributed by atoms with Gasteiger partial charge in [-0.05, 0) is 37.3 Å². The van der Waals surface area contributed by atoms with Crippen LogP contribution in [0.4, 0.5) is 5.82 Å². The minimum atomic E-state index is 0.0843. The van der Waals surface area contributed by atoms with E-state index in [4.69, 9.17) is 14.2 Å². The Morgan fingerprint density at radius 1 is 0.935 bits per heavy atom. The van der Waals surface area contributed by atoms with Crippen molar-refractivity contribution in [1.82, 2.24) is 15.0 Å². The van der Waals surface area contributed by atoms with Crippen LogP contribution in [0.25, 0.3) is 21.8 Å². The van der Waals surface area contributed by atoms with E-state index in [2.05, 4.69) is 32.0 Å². The van der Waals surface area contributed by atoms with Gasteiger partial charge in [0.15, 0.2) is 11.5 Å². The molecular formula is C24H24N4O3. The lowest BCUT2D eigenvalue weighted by Crippen LogP contribution is -2.25. The molecule has 1 saturated heterocycles. The van der Waals surface area contributed by atoms with Gasteiger partial charge in [-0.25, -0.2) is 9.97 Å². The highest BCUT2D eigenvalue weighted by molar-refractivity contribution is 5.92. The molecule has 5 rings (SSSR count). The summed E-state index contributed by atoms with van der Waals surface area (Å²) in [7, 11) is 3.26. The zero-order valence-electron chi connectivity index (χ0n) is 17.8. The van der Waals surface area contributed by atoms with Gasteiger partial charge in [0, 0.05) is 35.5 Å². The Bertz CT molecular complexity index is 1260. The van der Waals surface area contributed by atoms with Crippen molar-refractivity contribution in [3.8, 4) is 17.2 Å². The first-order valence-electron chi connectivity index (χ1n) is 10.3. The van der Waals surface area contributed by atoms with Gasteiger partial charge < -0.3 is 19.1 Å². The van der Waals surface area contributed by atoms with Crippen LogP contribution in [0.2, 0.25) is 0 Å². The van der Waals surface area contributed by atoms with Gasteiger partial charge in [-0.3, -0.25) is 4.98 Å². The molecule has 0 radical (unpaired) electrons. The molecule has 7 heteroatoms. The summed E-state index contributed by atoms with van der Waals surface area (Å²) in [6.07, 6.45) is 2.60. The lowest BCUT2D eigenvalue weighted by Gasteiger charge is -2.20. The Balaban J connectivity index is 1.38. The highest BCUT2D eigenvalue weighted by atomic mass is 16.5. The molecule has 2 aromatic heterocycles. The Kier molecular flexibility index (Phi) is 4.94. The predicted octanol–water partition coefficient (Wildman–Crippen LogP) is 4.16. The number of fused-ring (bicyclic) bond motifs is 2. The Morgan fingerprint density at radius 3 is 2.61 bits per heavy atom. The summed E-state index contributed by atoms with van der Waals surface area (Å²) in [5.74, 6) is 3.07. The van der Waals surface area contributed by atoms with Crippen molar-refractivity contribution in [2.45, 2.75) is 19.4 Å². The molecule has 3 heterocycles. The normalized spacial score (nSPS) is 16.1. The van der Waals surface area contributed by atoms with E-state index < -0.39 is 0 Å². The number of hydrogen-bond acceptors (Lipinski definition) is 7. The van der Waals surface area contributed by atoms with E-state index in [0.29, 0.717) is 11.5 Å². The highest BCUT2D eigenvalue weighted by Gasteiger charge is 2.27. The van der Waals surface area contributed by atoms with Crippen molar-refractivity contribution in [1.29, 1.82) is 0 Å². The molecule has 1 unspecified atom stereocenters. The minimum Gasteiger partial charge on any atom is -0.493 e. The van der Waals surface area contributed by atoms with Crippen molar-refractivity contribution in [2.75, 3.05) is 32.2 Å². The standard InChI is InChI=1S/C24H24N4O3/c1-15-4-5-16-10-17(6-7-20(16)27-15)31-18-8-9-28(13-18)24-19-11-22(29-2)23(30-3)12-21(19)25-14-26-24/h4-7,10-12,14,18H,8-9,13H2,1-3H3. The third-order valence-corrected chi connectivity index (χ3v) is 5.67. The molecule has 1 atom stereocenters. The van der Waals surface area contributed by atoms with E-state index >= 15 is 0 Å². The molecule has 0 spiro atoms. The molecule has 31 heavy (non-hydrogen) atoms. The molecule has 1 aliphatic heterocycles. The van der Waals surface area contributed by atoms with Crippen LogP contribution in [0, 0.1) is 6.92 Å². The maximum absolute atomic E-state index is 6.30. The third-order valence-electron chi connectivity index (χ3n) is 5.67. The zero-order valence-corrected chi connectivity index (χ0v) is 17.8. The molecule has 0 aliphatic carbocycles. The molecule has 0 saturated carbocycles. The zero-order chi connectivity index (χ0) is 21.4. The molecular weight excluding hydrogens is 392 g/mol. The van der Waals surface area contributed by atoms with Crippen molar-refractivity contribution in [3.63, 3.8) is 0 Å². The number of pyridine rings is 1. The number of hydrogen-bond donors (Lipinski definition) is 0. The first-order valence-corrected chi connectivity index (χ1v) is 10.3. The number of nitrogens with zero attached hydrogens (tertiary/aromatic N) is 4. The summed E-state index contributed by atoms with van der Waals surface area (Å²) in [6.45, 7) is 3.61. The van der Waals surface area contributed by atoms with Crippen molar-refractivity contribution in [3.05, 3.63) is 54.5 Å². The lowest BCUT2D eigenvalue weighted by molar-refractivity contribution is 0.225. The number of benzene rings is 2. The van der Waals surface area contributed by atoms with E-state index in [9.17, 15) is 0 Å². The predicted molar refractivity (Wildman–Crippen MR) is 120 cm³/mol. The number of ether oxygens (including phenoxy) is 3. The fourth-order valence-electron chi connectivity index (χ4n) is 4.11. The van der Waals surface area contributed by atoms with Gasteiger partial charge in [0.05, 0.1) is 31.8 Å². The molecule has 0 N–H and O–H groups in total. The number of anilines is 1. The lowest BCUT2D eigenvalue weighted by atomic mass is 10.2. The monoisotopic (exact) mass is 416 g/mol. The van der Waals surface area contributed by atoms with E-state index in [1.54, 1.807) is 20.5 Å².